The van der Waals surface area contributed by atoms with Gasteiger partial charge in [-0.2, -0.15) is 16.8 Å². The molecule has 11 heteroatoms. The van der Waals surface area contributed by atoms with Gasteiger partial charge in [-0.05, 0) is 85.9 Å². The number of rotatable bonds is 10. The van der Waals surface area contributed by atoms with Crippen LogP contribution in [0, 0.1) is 46.3 Å². The lowest BCUT2D eigenvalue weighted by Gasteiger charge is -2.59. The molecule has 0 aliphatic heterocycles. The maximum Gasteiger partial charge on any atom is 0.397 e. The molecule has 220 valence electrons. The summed E-state index contributed by atoms with van der Waals surface area (Å²) in [6.45, 7) is 8.82. The van der Waals surface area contributed by atoms with Crippen molar-refractivity contribution in [3.63, 3.8) is 0 Å². The van der Waals surface area contributed by atoms with Gasteiger partial charge in [-0.15, -0.1) is 0 Å². The Bertz CT molecular complexity index is 1100. The van der Waals surface area contributed by atoms with Crippen molar-refractivity contribution in [2.45, 2.75) is 104 Å². The molecule has 0 saturated heterocycles. The van der Waals surface area contributed by atoms with Crippen LogP contribution in [0.1, 0.15) is 91.9 Å². The number of allylic oxidation sites excluding steroid dienone is 1. The first kappa shape index (κ1) is 30.4. The first-order chi connectivity index (χ1) is 17.5. The fourth-order valence-corrected chi connectivity index (χ4v) is 9.94. The summed E-state index contributed by atoms with van der Waals surface area (Å²) in [6.07, 6.45) is 8.88. The summed E-state index contributed by atoms with van der Waals surface area (Å²) in [6, 6.07) is 0. The van der Waals surface area contributed by atoms with E-state index in [1.54, 1.807) is 0 Å². The summed E-state index contributed by atoms with van der Waals surface area (Å²) >= 11 is 0. The van der Waals surface area contributed by atoms with Gasteiger partial charge < -0.3 is 5.11 Å². The average molecular weight is 579 g/mol. The second-order valence-corrected chi connectivity index (χ2v) is 15.4. The number of aliphatic hydroxyl groups is 1. The van der Waals surface area contributed by atoms with Crippen molar-refractivity contribution in [1.29, 1.82) is 0 Å². The summed E-state index contributed by atoms with van der Waals surface area (Å²) in [5.74, 6) is 1.97. The van der Waals surface area contributed by atoms with Crippen LogP contribution >= 0.6 is 0 Å². The predicted molar refractivity (Wildman–Crippen MR) is 143 cm³/mol. The molecule has 4 rings (SSSR count). The van der Waals surface area contributed by atoms with Crippen molar-refractivity contribution in [3.8, 4) is 0 Å². The number of hydrogen-bond acceptors (Lipinski definition) is 7. The molecular weight excluding hydrogens is 532 g/mol. The second kappa shape index (κ2) is 11.0. The molecule has 0 aromatic heterocycles. The van der Waals surface area contributed by atoms with E-state index in [1.807, 2.05) is 0 Å². The highest BCUT2D eigenvalue weighted by molar-refractivity contribution is 7.81. The van der Waals surface area contributed by atoms with Gasteiger partial charge in [0.1, 0.15) is 0 Å². The maximum absolute atomic E-state index is 11.4. The number of fused-ring (bicyclic) bond motifs is 5. The van der Waals surface area contributed by atoms with Crippen molar-refractivity contribution in [3.05, 3.63) is 11.6 Å². The van der Waals surface area contributed by atoms with Crippen LogP contribution in [0.4, 0.5) is 0 Å². The van der Waals surface area contributed by atoms with Gasteiger partial charge in [-0.1, -0.05) is 52.2 Å². The third-order valence-corrected chi connectivity index (χ3v) is 11.8. The minimum absolute atomic E-state index is 0.00757. The van der Waals surface area contributed by atoms with Gasteiger partial charge in [0.15, 0.2) is 0 Å². The van der Waals surface area contributed by atoms with Crippen LogP contribution in [-0.4, -0.2) is 49.9 Å². The molecule has 4 aliphatic carbocycles. The van der Waals surface area contributed by atoms with Gasteiger partial charge >= 0.3 is 20.8 Å². The van der Waals surface area contributed by atoms with Gasteiger partial charge in [0, 0.05) is 11.8 Å². The van der Waals surface area contributed by atoms with Gasteiger partial charge in [0.05, 0.1) is 18.8 Å². The normalized spacial score (nSPS) is 40.3. The predicted octanol–water partition coefficient (Wildman–Crippen LogP) is 4.99. The third kappa shape index (κ3) is 6.19. The zero-order valence-corrected chi connectivity index (χ0v) is 24.7. The van der Waals surface area contributed by atoms with Crippen molar-refractivity contribution >= 4 is 20.8 Å². The molecule has 0 heterocycles. The average Bonchev–Trinajstić information content (AvgIpc) is 3.12. The molecule has 3 fully saturated rings. The van der Waals surface area contributed by atoms with E-state index < -0.39 is 38.4 Å². The Morgan fingerprint density at radius 2 is 1.74 bits per heavy atom. The van der Waals surface area contributed by atoms with E-state index >= 15 is 0 Å². The first-order valence-corrected chi connectivity index (χ1v) is 16.9. The van der Waals surface area contributed by atoms with Crippen molar-refractivity contribution in [2.24, 2.45) is 46.3 Å². The highest BCUT2D eigenvalue weighted by Crippen LogP contribution is 2.67. The van der Waals surface area contributed by atoms with Crippen LogP contribution in [-0.2, 0) is 29.2 Å². The van der Waals surface area contributed by atoms with Crippen LogP contribution in [0.5, 0.6) is 0 Å². The van der Waals surface area contributed by atoms with Gasteiger partial charge in [-0.25, -0.2) is 8.37 Å². The van der Waals surface area contributed by atoms with E-state index in [0.717, 1.165) is 56.9 Å². The van der Waals surface area contributed by atoms with E-state index in [0.29, 0.717) is 30.1 Å². The molecule has 0 aromatic rings. The molecule has 4 aliphatic rings. The highest BCUT2D eigenvalue weighted by atomic mass is 32.3. The maximum atomic E-state index is 11.4. The van der Waals surface area contributed by atoms with Crippen molar-refractivity contribution in [1.82, 2.24) is 0 Å². The number of aliphatic hydroxyl groups excluding tert-OH is 1. The van der Waals surface area contributed by atoms with Crippen LogP contribution in [0.2, 0.25) is 0 Å². The summed E-state index contributed by atoms with van der Waals surface area (Å²) < 4.78 is 73.7. The molecule has 0 radical (unpaired) electrons. The van der Waals surface area contributed by atoms with E-state index in [-0.39, 0.29) is 30.3 Å². The minimum Gasteiger partial charge on any atom is -0.392 e. The smallest absolute Gasteiger partial charge is 0.392 e. The SMILES string of the molecule is CC(C)CCC[C@@H](COS(=O)(=O)O)[C@H]1CC[C@H]2[C@@H]3CC=C4CC(OS(=O)(=O)O)CC(O)[C@]4(C)[C@H]3CC[C@]12C. The van der Waals surface area contributed by atoms with E-state index in [9.17, 15) is 26.5 Å². The van der Waals surface area contributed by atoms with Gasteiger partial charge in [-0.3, -0.25) is 9.11 Å². The monoisotopic (exact) mass is 578 g/mol. The van der Waals surface area contributed by atoms with E-state index in [2.05, 4.69) is 33.8 Å². The Kier molecular flexibility index (Phi) is 8.82. The first-order valence-electron chi connectivity index (χ1n) is 14.2. The Morgan fingerprint density at radius 1 is 1.03 bits per heavy atom. The second-order valence-electron chi connectivity index (χ2n) is 13.3. The van der Waals surface area contributed by atoms with Crippen molar-refractivity contribution in [2.75, 3.05) is 6.61 Å². The summed E-state index contributed by atoms with van der Waals surface area (Å²) in [5.41, 5.74) is 0.577. The fraction of sp³-hybridized carbons (Fsp3) is 0.926. The van der Waals surface area contributed by atoms with Gasteiger partial charge in [0.2, 0.25) is 0 Å². The molecule has 2 unspecified atom stereocenters. The van der Waals surface area contributed by atoms with Crippen molar-refractivity contribution < 1.29 is 39.4 Å². The van der Waals surface area contributed by atoms with E-state index in [4.69, 9.17) is 12.9 Å². The molecule has 0 spiro atoms. The molecule has 9 atom stereocenters. The zero-order valence-electron chi connectivity index (χ0n) is 23.1. The lowest BCUT2D eigenvalue weighted by Crippen LogP contribution is -2.56. The Balaban J connectivity index is 1.55. The quantitative estimate of drug-likeness (QED) is 0.241. The van der Waals surface area contributed by atoms with Crippen LogP contribution in [0.3, 0.4) is 0 Å². The standard InChI is InChI=1S/C27H46O9S2/c1-17(2)6-5-7-18(16-35-37(29,30)31)22-10-11-23-21-9-8-19-14-20(36-38(32,33)34)15-25(28)27(19,4)24(21)12-13-26(22,23)3/h8,17-18,20-25,28H,5-7,9-16H2,1-4H3,(H,29,30,31)(H,32,33,34)/t18-,20?,21-,22+,23-,24-,25?,26+,27-/m0/s1. The summed E-state index contributed by atoms with van der Waals surface area (Å²) in [5, 5.41) is 11.3. The highest BCUT2D eigenvalue weighted by Gasteiger charge is 2.61. The molecule has 38 heavy (non-hydrogen) atoms. The van der Waals surface area contributed by atoms with Crippen LogP contribution in [0.25, 0.3) is 0 Å². The molecule has 3 saturated carbocycles. The minimum atomic E-state index is -4.59. The van der Waals surface area contributed by atoms with Gasteiger partial charge in [0.25, 0.3) is 0 Å². The van der Waals surface area contributed by atoms with Crippen LogP contribution in [0.15, 0.2) is 11.6 Å². The summed E-state index contributed by atoms with van der Waals surface area (Å²) in [7, 11) is -9.09. The largest absolute Gasteiger partial charge is 0.397 e. The Morgan fingerprint density at radius 3 is 2.37 bits per heavy atom. The summed E-state index contributed by atoms with van der Waals surface area (Å²) in [4.78, 5) is 0. The fourth-order valence-electron chi connectivity index (χ4n) is 9.11. The topological polar surface area (TPSA) is 147 Å². The Hall–Kier alpha value is -0.560. The Labute approximate surface area is 228 Å². The molecule has 0 bridgehead atoms. The van der Waals surface area contributed by atoms with Crippen LogP contribution < -0.4 is 0 Å². The van der Waals surface area contributed by atoms with E-state index in [1.165, 1.54) is 0 Å². The molecule has 9 nitrogen and oxygen atoms in total. The zero-order chi connectivity index (χ0) is 28.1. The number of hydrogen-bond donors (Lipinski definition) is 3. The molecular formula is C27H46O9S2. The molecule has 0 aromatic carbocycles. The molecule has 3 N–H and O–H groups in total. The third-order valence-electron chi connectivity index (χ3n) is 10.8. The molecule has 0 amide bonds. The lowest BCUT2D eigenvalue weighted by molar-refractivity contribution is -0.107. The lowest BCUT2D eigenvalue weighted by atomic mass is 9.46.